The van der Waals surface area contributed by atoms with E-state index in [-0.39, 0.29) is 0 Å². The van der Waals surface area contributed by atoms with Crippen LogP contribution in [0.5, 0.6) is 0 Å². The van der Waals surface area contributed by atoms with Crippen molar-refractivity contribution in [3.05, 3.63) is 0 Å². The van der Waals surface area contributed by atoms with E-state index in [0.717, 1.165) is 7.11 Å². The van der Waals surface area contributed by atoms with Crippen LogP contribution in [0.25, 0.3) is 0 Å². The first-order valence-electron chi connectivity index (χ1n) is 3.40. The van der Waals surface area contributed by atoms with Crippen LogP contribution in [0, 0.1) is 0 Å². The van der Waals surface area contributed by atoms with Crippen molar-refractivity contribution in [2.75, 3.05) is 13.7 Å². The number of halogens is 6. The lowest BCUT2D eigenvalue weighted by atomic mass is 10.2. The van der Waals surface area contributed by atoms with E-state index >= 15 is 0 Å². The Morgan fingerprint density at radius 2 is 1.73 bits per heavy atom. The van der Waals surface area contributed by atoms with Gasteiger partial charge in [0.2, 0.25) is 0 Å². The number of hydrogen-bond donors (Lipinski definition) is 0. The molecule has 1 atom stereocenters. The second-order valence-electron chi connectivity index (χ2n) is 2.41. The van der Waals surface area contributed by atoms with Crippen LogP contribution in [-0.4, -0.2) is 38.1 Å². The maximum Gasteiger partial charge on any atom is 0.508 e. The van der Waals surface area contributed by atoms with E-state index in [2.05, 4.69) is 9.47 Å². The monoisotopic (exact) mass is 240 g/mol. The quantitative estimate of drug-likeness (QED) is 0.560. The van der Waals surface area contributed by atoms with Crippen LogP contribution in [-0.2, 0) is 9.47 Å². The molecule has 0 aliphatic rings. The third kappa shape index (κ3) is 4.26. The van der Waals surface area contributed by atoms with Crippen molar-refractivity contribution in [2.24, 2.45) is 0 Å². The molecular formula is C6H6F6O3. The Morgan fingerprint density at radius 3 is 2.07 bits per heavy atom. The van der Waals surface area contributed by atoms with Crippen molar-refractivity contribution in [1.29, 1.82) is 0 Å². The minimum atomic E-state index is -5.72. The summed E-state index contributed by atoms with van der Waals surface area (Å²) < 4.78 is 78.7. The smallest absolute Gasteiger partial charge is 0.438 e. The van der Waals surface area contributed by atoms with Gasteiger partial charge in [-0.25, -0.2) is 9.18 Å². The Bertz CT molecular complexity index is 225. The van der Waals surface area contributed by atoms with Gasteiger partial charge in [0, 0.05) is 0 Å². The second-order valence-corrected chi connectivity index (χ2v) is 2.41. The molecule has 0 fully saturated rings. The number of alkyl halides is 6. The van der Waals surface area contributed by atoms with Crippen LogP contribution in [0.15, 0.2) is 0 Å². The summed E-state index contributed by atoms with van der Waals surface area (Å²) in [5.74, 6) is -4.84. The molecular weight excluding hydrogens is 234 g/mol. The average molecular weight is 240 g/mol. The van der Waals surface area contributed by atoms with Gasteiger partial charge in [0.25, 0.3) is 6.17 Å². The van der Waals surface area contributed by atoms with E-state index in [0.29, 0.717) is 0 Å². The molecule has 9 heteroatoms. The van der Waals surface area contributed by atoms with Gasteiger partial charge in [-0.15, -0.1) is 0 Å². The first kappa shape index (κ1) is 13.8. The summed E-state index contributed by atoms with van der Waals surface area (Å²) in [6.07, 6.45) is -11.7. The van der Waals surface area contributed by atoms with Crippen LogP contribution in [0.2, 0.25) is 0 Å². The number of ether oxygens (including phenoxy) is 2. The molecule has 0 saturated carbocycles. The van der Waals surface area contributed by atoms with Crippen molar-refractivity contribution < 1.29 is 40.6 Å². The van der Waals surface area contributed by atoms with Crippen LogP contribution >= 0.6 is 0 Å². The molecule has 0 saturated heterocycles. The SMILES string of the molecule is COC(=O)OCC(F)(F)[C@@H](F)C(F)(F)F. The summed E-state index contributed by atoms with van der Waals surface area (Å²) in [5, 5.41) is 0. The molecule has 0 radical (unpaired) electrons. The van der Waals surface area contributed by atoms with Crippen molar-refractivity contribution in [2.45, 2.75) is 18.3 Å². The standard InChI is InChI=1S/C6H6F6O3/c1-14-4(13)15-2-5(8,9)3(7)6(10,11)12/h3H,2H2,1H3/t3-/m1/s1. The first-order chi connectivity index (χ1) is 6.61. The predicted molar refractivity (Wildman–Crippen MR) is 34.3 cm³/mol. The second kappa shape index (κ2) is 4.58. The molecule has 15 heavy (non-hydrogen) atoms. The minimum Gasteiger partial charge on any atom is -0.438 e. The Morgan fingerprint density at radius 1 is 1.27 bits per heavy atom. The van der Waals surface area contributed by atoms with E-state index in [1.54, 1.807) is 0 Å². The van der Waals surface area contributed by atoms with Gasteiger partial charge >= 0.3 is 18.3 Å². The van der Waals surface area contributed by atoms with Crippen LogP contribution < -0.4 is 0 Å². The summed E-state index contributed by atoms with van der Waals surface area (Å²) in [4.78, 5) is 10.1. The van der Waals surface area contributed by atoms with E-state index < -0.39 is 31.0 Å². The average Bonchev–Trinajstić information content (AvgIpc) is 2.11. The van der Waals surface area contributed by atoms with Gasteiger partial charge in [0.15, 0.2) is 6.61 Å². The number of hydrogen-bond acceptors (Lipinski definition) is 3. The summed E-state index contributed by atoms with van der Waals surface area (Å²) >= 11 is 0. The fourth-order valence-corrected chi connectivity index (χ4v) is 0.527. The van der Waals surface area contributed by atoms with Crippen molar-refractivity contribution in [3.63, 3.8) is 0 Å². The highest BCUT2D eigenvalue weighted by molar-refractivity contribution is 5.59. The highest BCUT2D eigenvalue weighted by atomic mass is 19.4. The van der Waals surface area contributed by atoms with Gasteiger partial charge in [0.1, 0.15) is 0 Å². The molecule has 90 valence electrons. The predicted octanol–water partition coefficient (Wildman–Crippen LogP) is 2.31. The molecule has 0 spiro atoms. The third-order valence-electron chi connectivity index (χ3n) is 1.21. The molecule has 0 aromatic carbocycles. The number of methoxy groups -OCH3 is 1. The zero-order valence-electron chi connectivity index (χ0n) is 7.28. The minimum absolute atomic E-state index is 0.761. The van der Waals surface area contributed by atoms with Crippen LogP contribution in [0.4, 0.5) is 31.1 Å². The van der Waals surface area contributed by atoms with Crippen molar-refractivity contribution >= 4 is 6.16 Å². The highest BCUT2D eigenvalue weighted by Gasteiger charge is 2.57. The zero-order valence-corrected chi connectivity index (χ0v) is 7.28. The van der Waals surface area contributed by atoms with Crippen LogP contribution in [0.1, 0.15) is 0 Å². The summed E-state index contributed by atoms with van der Waals surface area (Å²) in [6.45, 7) is -2.04. The first-order valence-corrected chi connectivity index (χ1v) is 3.40. The maximum absolute atomic E-state index is 12.4. The summed E-state index contributed by atoms with van der Waals surface area (Å²) in [5.41, 5.74) is 0. The molecule has 3 nitrogen and oxygen atoms in total. The maximum atomic E-state index is 12.4. The lowest BCUT2D eigenvalue weighted by molar-refractivity contribution is -0.252. The zero-order chi connectivity index (χ0) is 12.3. The van der Waals surface area contributed by atoms with E-state index in [4.69, 9.17) is 0 Å². The molecule has 0 amide bonds. The molecule has 0 aromatic heterocycles. The molecule has 0 heterocycles. The van der Waals surface area contributed by atoms with Gasteiger partial charge in [-0.3, -0.25) is 0 Å². The summed E-state index contributed by atoms with van der Waals surface area (Å²) in [6, 6.07) is 0. The van der Waals surface area contributed by atoms with Gasteiger partial charge in [-0.05, 0) is 0 Å². The molecule has 0 bridgehead atoms. The normalized spacial score (nSPS) is 14.6. The number of rotatable bonds is 3. The van der Waals surface area contributed by atoms with E-state index in [9.17, 15) is 31.1 Å². The topological polar surface area (TPSA) is 35.5 Å². The number of carbonyl (C=O) groups is 1. The third-order valence-corrected chi connectivity index (χ3v) is 1.21. The largest absolute Gasteiger partial charge is 0.508 e. The highest BCUT2D eigenvalue weighted by Crippen LogP contribution is 2.34. The van der Waals surface area contributed by atoms with Gasteiger partial charge in [-0.2, -0.15) is 22.0 Å². The molecule has 0 N–H and O–H groups in total. The van der Waals surface area contributed by atoms with Gasteiger partial charge in [0.05, 0.1) is 7.11 Å². The fraction of sp³-hybridized carbons (Fsp3) is 0.833. The molecule has 0 aliphatic heterocycles. The Labute approximate surface area is 79.9 Å². The Kier molecular flexibility index (Phi) is 4.23. The Balaban J connectivity index is 4.35. The van der Waals surface area contributed by atoms with Crippen molar-refractivity contribution in [3.8, 4) is 0 Å². The van der Waals surface area contributed by atoms with Gasteiger partial charge < -0.3 is 9.47 Å². The lowest BCUT2D eigenvalue weighted by Crippen LogP contribution is -2.45. The molecule has 0 unspecified atom stereocenters. The van der Waals surface area contributed by atoms with E-state index in [1.807, 2.05) is 0 Å². The Hall–Kier alpha value is -1.15. The molecule has 0 aromatic rings. The van der Waals surface area contributed by atoms with Crippen molar-refractivity contribution in [1.82, 2.24) is 0 Å². The lowest BCUT2D eigenvalue weighted by Gasteiger charge is -2.21. The van der Waals surface area contributed by atoms with E-state index in [1.165, 1.54) is 0 Å². The fourth-order valence-electron chi connectivity index (χ4n) is 0.527. The molecule has 0 aliphatic carbocycles. The number of carbonyl (C=O) groups excluding carboxylic acids is 1. The summed E-state index contributed by atoms with van der Waals surface area (Å²) in [7, 11) is 0.761. The van der Waals surface area contributed by atoms with Gasteiger partial charge in [-0.1, -0.05) is 0 Å². The van der Waals surface area contributed by atoms with Crippen LogP contribution in [0.3, 0.4) is 0 Å². The molecule has 0 rings (SSSR count).